The summed E-state index contributed by atoms with van der Waals surface area (Å²) in [5.74, 6) is -0.534. The third-order valence-corrected chi connectivity index (χ3v) is 6.63. The van der Waals surface area contributed by atoms with Crippen LogP contribution >= 0.6 is 11.6 Å². The molecule has 1 aliphatic rings. The SMILES string of the molecule is C[C@H](C1CC1)N(Cc1ccccc1)C(=O)CS(=O)(=O)Cc1cccc(Cl)c1. The largest absolute Gasteiger partial charge is 0.335 e. The van der Waals surface area contributed by atoms with E-state index < -0.39 is 15.6 Å². The summed E-state index contributed by atoms with van der Waals surface area (Å²) < 4.78 is 25.2. The summed E-state index contributed by atoms with van der Waals surface area (Å²) in [4.78, 5) is 14.6. The maximum Gasteiger partial charge on any atom is 0.238 e. The van der Waals surface area contributed by atoms with Gasteiger partial charge in [0, 0.05) is 17.6 Å². The van der Waals surface area contributed by atoms with Crippen LogP contribution in [0.25, 0.3) is 0 Å². The van der Waals surface area contributed by atoms with E-state index in [2.05, 4.69) is 0 Å². The number of benzene rings is 2. The summed E-state index contributed by atoms with van der Waals surface area (Å²) in [5.41, 5.74) is 1.60. The van der Waals surface area contributed by atoms with E-state index in [1.54, 1.807) is 29.2 Å². The molecule has 1 atom stereocenters. The molecule has 0 unspecified atom stereocenters. The van der Waals surface area contributed by atoms with Crippen molar-refractivity contribution in [1.29, 1.82) is 0 Å². The minimum absolute atomic E-state index is 0.0408. The molecule has 0 aliphatic heterocycles. The van der Waals surface area contributed by atoms with Crippen molar-refractivity contribution in [3.8, 4) is 0 Å². The van der Waals surface area contributed by atoms with Gasteiger partial charge in [0.1, 0.15) is 5.75 Å². The van der Waals surface area contributed by atoms with Crippen molar-refractivity contribution in [3.63, 3.8) is 0 Å². The number of hydrogen-bond acceptors (Lipinski definition) is 3. The molecule has 4 nitrogen and oxygen atoms in total. The second kappa shape index (κ2) is 8.44. The van der Waals surface area contributed by atoms with Gasteiger partial charge in [-0.2, -0.15) is 0 Å². The topological polar surface area (TPSA) is 54.5 Å². The summed E-state index contributed by atoms with van der Waals surface area (Å²) in [5, 5.41) is 0.488. The van der Waals surface area contributed by atoms with Crippen LogP contribution in [0.2, 0.25) is 5.02 Å². The molecule has 0 aromatic heterocycles. The molecule has 6 heteroatoms. The summed E-state index contributed by atoms with van der Waals surface area (Å²) in [7, 11) is -3.58. The van der Waals surface area contributed by atoms with Gasteiger partial charge in [-0.3, -0.25) is 4.79 Å². The highest BCUT2D eigenvalue weighted by Gasteiger charge is 2.35. The summed E-state index contributed by atoms with van der Waals surface area (Å²) in [6.45, 7) is 2.45. The number of hydrogen-bond donors (Lipinski definition) is 0. The first-order valence-corrected chi connectivity index (χ1v) is 11.3. The first kappa shape index (κ1) is 19.9. The van der Waals surface area contributed by atoms with Crippen molar-refractivity contribution < 1.29 is 13.2 Å². The number of carbonyl (C=O) groups is 1. The van der Waals surface area contributed by atoms with Crippen molar-refractivity contribution in [1.82, 2.24) is 4.90 Å². The predicted octanol–water partition coefficient (Wildman–Crippen LogP) is 4.08. The van der Waals surface area contributed by atoms with Crippen molar-refractivity contribution in [3.05, 3.63) is 70.7 Å². The lowest BCUT2D eigenvalue weighted by atomic mass is 10.1. The van der Waals surface area contributed by atoms with Crippen LogP contribution in [0.1, 0.15) is 30.9 Å². The van der Waals surface area contributed by atoms with E-state index in [-0.39, 0.29) is 17.7 Å². The van der Waals surface area contributed by atoms with E-state index in [0.717, 1.165) is 18.4 Å². The smallest absolute Gasteiger partial charge is 0.238 e. The average molecular weight is 406 g/mol. The van der Waals surface area contributed by atoms with Crippen LogP contribution in [0, 0.1) is 5.92 Å². The van der Waals surface area contributed by atoms with Crippen LogP contribution in [0.3, 0.4) is 0 Å². The van der Waals surface area contributed by atoms with Gasteiger partial charge in [-0.1, -0.05) is 54.1 Å². The summed E-state index contributed by atoms with van der Waals surface area (Å²) in [6, 6.07) is 16.5. The second-order valence-electron chi connectivity index (χ2n) is 7.25. The van der Waals surface area contributed by atoms with Gasteiger partial charge in [-0.15, -0.1) is 0 Å². The highest BCUT2D eigenvalue weighted by molar-refractivity contribution is 7.91. The fourth-order valence-corrected chi connectivity index (χ4v) is 4.82. The Balaban J connectivity index is 1.72. The zero-order valence-electron chi connectivity index (χ0n) is 15.3. The Labute approximate surface area is 166 Å². The number of amides is 1. The Morgan fingerprint density at radius 3 is 2.41 bits per heavy atom. The van der Waals surface area contributed by atoms with Gasteiger partial charge in [-0.05, 0) is 48.9 Å². The molecule has 1 saturated carbocycles. The molecule has 0 bridgehead atoms. The lowest BCUT2D eigenvalue weighted by Gasteiger charge is -2.29. The van der Waals surface area contributed by atoms with Gasteiger partial charge < -0.3 is 4.90 Å². The predicted molar refractivity (Wildman–Crippen MR) is 108 cm³/mol. The number of nitrogens with zero attached hydrogens (tertiary/aromatic N) is 1. The minimum atomic E-state index is -3.58. The van der Waals surface area contributed by atoms with Crippen molar-refractivity contribution >= 4 is 27.3 Å². The lowest BCUT2D eigenvalue weighted by molar-refractivity contribution is -0.131. The molecule has 0 saturated heterocycles. The van der Waals surface area contributed by atoms with Gasteiger partial charge >= 0.3 is 0 Å². The average Bonchev–Trinajstić information content (AvgIpc) is 3.44. The number of sulfone groups is 1. The first-order chi connectivity index (χ1) is 12.8. The molecular weight excluding hydrogens is 382 g/mol. The quantitative estimate of drug-likeness (QED) is 0.664. The normalized spacial score (nSPS) is 15.3. The molecule has 2 aromatic carbocycles. The van der Waals surface area contributed by atoms with Gasteiger partial charge in [0.25, 0.3) is 0 Å². The van der Waals surface area contributed by atoms with Crippen LogP contribution in [-0.2, 0) is 26.9 Å². The van der Waals surface area contributed by atoms with Crippen molar-refractivity contribution in [2.45, 2.75) is 38.1 Å². The Morgan fingerprint density at radius 2 is 1.78 bits per heavy atom. The van der Waals surface area contributed by atoms with Crippen LogP contribution in [0.5, 0.6) is 0 Å². The Kier molecular flexibility index (Phi) is 6.22. The van der Waals surface area contributed by atoms with Crippen molar-refractivity contribution in [2.24, 2.45) is 5.92 Å². The molecule has 1 fully saturated rings. The van der Waals surface area contributed by atoms with E-state index in [1.807, 2.05) is 37.3 Å². The third kappa shape index (κ3) is 5.81. The van der Waals surface area contributed by atoms with Gasteiger partial charge in [0.2, 0.25) is 5.91 Å². The maximum absolute atomic E-state index is 12.9. The van der Waals surface area contributed by atoms with E-state index in [1.165, 1.54) is 0 Å². The van der Waals surface area contributed by atoms with Crippen LogP contribution in [0.15, 0.2) is 54.6 Å². The van der Waals surface area contributed by atoms with E-state index in [0.29, 0.717) is 23.0 Å². The summed E-state index contributed by atoms with van der Waals surface area (Å²) >= 11 is 5.93. The van der Waals surface area contributed by atoms with E-state index in [4.69, 9.17) is 11.6 Å². The van der Waals surface area contributed by atoms with Gasteiger partial charge in [0.05, 0.1) is 5.75 Å². The molecule has 3 rings (SSSR count). The Bertz CT molecular complexity index is 895. The number of carbonyl (C=O) groups excluding carboxylic acids is 1. The number of rotatable bonds is 8. The Morgan fingerprint density at radius 1 is 1.11 bits per heavy atom. The fourth-order valence-electron chi connectivity index (χ4n) is 3.28. The summed E-state index contributed by atoms with van der Waals surface area (Å²) in [6.07, 6.45) is 2.18. The monoisotopic (exact) mass is 405 g/mol. The molecule has 0 spiro atoms. The standard InChI is InChI=1S/C21H24ClNO3S/c1-16(19-10-11-19)23(13-17-6-3-2-4-7-17)21(24)15-27(25,26)14-18-8-5-9-20(22)12-18/h2-9,12,16,19H,10-11,13-15H2,1H3/t16-/m1/s1. The molecule has 2 aromatic rings. The highest BCUT2D eigenvalue weighted by atomic mass is 35.5. The van der Waals surface area contributed by atoms with Crippen molar-refractivity contribution in [2.75, 3.05) is 5.75 Å². The van der Waals surface area contributed by atoms with Gasteiger partial charge in [-0.25, -0.2) is 8.42 Å². The zero-order chi connectivity index (χ0) is 19.4. The third-order valence-electron chi connectivity index (χ3n) is 4.93. The molecule has 1 amide bonds. The molecular formula is C21H24ClNO3S. The maximum atomic E-state index is 12.9. The van der Waals surface area contributed by atoms with Crippen LogP contribution in [-0.4, -0.2) is 31.0 Å². The molecule has 27 heavy (non-hydrogen) atoms. The fraction of sp³-hybridized carbons (Fsp3) is 0.381. The second-order valence-corrected chi connectivity index (χ2v) is 9.75. The van der Waals surface area contributed by atoms with E-state index >= 15 is 0 Å². The minimum Gasteiger partial charge on any atom is -0.335 e. The lowest BCUT2D eigenvalue weighted by Crippen LogP contribution is -2.42. The Hall–Kier alpha value is -1.85. The molecule has 1 aliphatic carbocycles. The van der Waals surface area contributed by atoms with Crippen LogP contribution < -0.4 is 0 Å². The van der Waals surface area contributed by atoms with Crippen LogP contribution in [0.4, 0.5) is 0 Å². The molecule has 0 N–H and O–H groups in total. The molecule has 0 heterocycles. The molecule has 0 radical (unpaired) electrons. The first-order valence-electron chi connectivity index (χ1n) is 9.12. The highest BCUT2D eigenvalue weighted by Crippen LogP contribution is 2.35. The number of halogens is 1. The molecule has 144 valence electrons. The zero-order valence-corrected chi connectivity index (χ0v) is 16.9. The van der Waals surface area contributed by atoms with Gasteiger partial charge in [0.15, 0.2) is 9.84 Å². The van der Waals surface area contributed by atoms with E-state index in [9.17, 15) is 13.2 Å².